The molecule has 5 rings (SSSR count). The van der Waals surface area contributed by atoms with Crippen LogP contribution in [0.25, 0.3) is 0 Å². The SMILES string of the molecule is Cc1ccc2c(c1)C1(C(=O)N2)C2=C(CCCC2=O)Nc2nc(N)[nH]c(=O)c21. The van der Waals surface area contributed by atoms with Crippen molar-refractivity contribution in [2.24, 2.45) is 0 Å². The standard InChI is InChI=1S/C19H17N5O3/c1-8-5-6-10-9(7-8)19(17(27)22-10)13-11(3-2-4-12(13)25)21-15-14(19)16(26)24-18(20)23-15/h5-7H,2-4H2,1H3,(H,22,27)(H4,20,21,23,24,26). The zero-order valence-corrected chi connectivity index (χ0v) is 14.6. The molecule has 5 N–H and O–H groups in total. The molecule has 1 amide bonds. The van der Waals surface area contributed by atoms with Crippen molar-refractivity contribution in [1.29, 1.82) is 0 Å². The van der Waals surface area contributed by atoms with Crippen LogP contribution in [0.15, 0.2) is 34.3 Å². The van der Waals surface area contributed by atoms with E-state index in [4.69, 9.17) is 5.73 Å². The first-order valence-electron chi connectivity index (χ1n) is 8.79. The number of nitrogens with two attached hydrogens (primary N) is 1. The zero-order chi connectivity index (χ0) is 18.9. The molecule has 3 aliphatic rings. The Kier molecular flexibility index (Phi) is 2.96. The topological polar surface area (TPSA) is 130 Å². The van der Waals surface area contributed by atoms with Gasteiger partial charge in [0.15, 0.2) is 5.78 Å². The van der Waals surface area contributed by atoms with Gasteiger partial charge in [-0.1, -0.05) is 17.7 Å². The number of nitrogens with one attached hydrogen (secondary N) is 3. The first-order valence-corrected chi connectivity index (χ1v) is 8.79. The van der Waals surface area contributed by atoms with Gasteiger partial charge in [0, 0.05) is 28.9 Å². The van der Waals surface area contributed by atoms with Crippen molar-refractivity contribution in [1.82, 2.24) is 9.97 Å². The van der Waals surface area contributed by atoms with Crippen LogP contribution in [0.4, 0.5) is 17.5 Å². The van der Waals surface area contributed by atoms with Crippen molar-refractivity contribution in [3.63, 3.8) is 0 Å². The maximum absolute atomic E-state index is 13.4. The number of amides is 1. The number of hydrogen-bond donors (Lipinski definition) is 4. The molecule has 0 saturated heterocycles. The van der Waals surface area contributed by atoms with E-state index in [0.717, 1.165) is 5.56 Å². The zero-order valence-electron chi connectivity index (χ0n) is 14.6. The number of Topliss-reactive ketones (excluding diaryl/α,β-unsaturated/α-hetero) is 1. The van der Waals surface area contributed by atoms with Crippen molar-refractivity contribution in [3.8, 4) is 0 Å². The van der Waals surface area contributed by atoms with Crippen molar-refractivity contribution < 1.29 is 9.59 Å². The average Bonchev–Trinajstić information content (AvgIpc) is 2.87. The molecule has 2 aromatic rings. The number of aryl methyl sites for hydroxylation is 1. The highest BCUT2D eigenvalue weighted by Gasteiger charge is 2.59. The molecular formula is C19H17N5O3. The molecule has 2 aliphatic heterocycles. The summed E-state index contributed by atoms with van der Waals surface area (Å²) >= 11 is 0. The summed E-state index contributed by atoms with van der Waals surface area (Å²) in [5.41, 5.74) is 6.92. The minimum Gasteiger partial charge on any atom is -0.369 e. The minimum absolute atomic E-state index is 0.0459. The van der Waals surface area contributed by atoms with Crippen molar-refractivity contribution in [2.75, 3.05) is 16.4 Å². The summed E-state index contributed by atoms with van der Waals surface area (Å²) in [5, 5.41) is 5.95. The Labute approximate surface area is 153 Å². The van der Waals surface area contributed by atoms with Crippen molar-refractivity contribution >= 4 is 29.1 Å². The van der Waals surface area contributed by atoms with Crippen LogP contribution >= 0.6 is 0 Å². The summed E-state index contributed by atoms with van der Waals surface area (Å²) in [4.78, 5) is 46.0. The lowest BCUT2D eigenvalue weighted by Crippen LogP contribution is -2.49. The number of aromatic nitrogens is 2. The number of allylic oxidation sites excluding steroid dienone is 1. The average molecular weight is 363 g/mol. The van der Waals surface area contributed by atoms with Gasteiger partial charge in [-0.2, -0.15) is 4.98 Å². The van der Waals surface area contributed by atoms with Crippen LogP contribution < -0.4 is 21.9 Å². The normalized spacial score (nSPS) is 22.9. The molecule has 1 atom stereocenters. The Hall–Kier alpha value is -3.42. The highest BCUT2D eigenvalue weighted by molar-refractivity contribution is 6.19. The van der Waals surface area contributed by atoms with Crippen LogP contribution in [0.1, 0.15) is 36.0 Å². The third kappa shape index (κ3) is 1.87. The van der Waals surface area contributed by atoms with Gasteiger partial charge < -0.3 is 16.4 Å². The molecule has 1 spiro atoms. The smallest absolute Gasteiger partial charge is 0.259 e. The first kappa shape index (κ1) is 15.8. The minimum atomic E-state index is -1.51. The van der Waals surface area contributed by atoms with E-state index in [1.165, 1.54) is 0 Å². The van der Waals surface area contributed by atoms with Gasteiger partial charge in [0.1, 0.15) is 11.2 Å². The molecule has 1 aromatic heterocycles. The Morgan fingerprint density at radius 2 is 1.96 bits per heavy atom. The van der Waals surface area contributed by atoms with Gasteiger partial charge in [-0.05, 0) is 25.8 Å². The quantitative estimate of drug-likeness (QED) is 0.559. The molecule has 1 unspecified atom stereocenters. The lowest BCUT2D eigenvalue weighted by Gasteiger charge is -2.38. The van der Waals surface area contributed by atoms with Crippen molar-refractivity contribution in [3.05, 3.63) is 56.5 Å². The van der Waals surface area contributed by atoms with Gasteiger partial charge in [0.2, 0.25) is 11.9 Å². The number of carbonyl (C=O) groups excluding carboxylic acids is 2. The second-order valence-electron chi connectivity index (χ2n) is 7.18. The number of carbonyl (C=O) groups is 2. The van der Waals surface area contributed by atoms with Gasteiger partial charge in [-0.3, -0.25) is 19.4 Å². The van der Waals surface area contributed by atoms with E-state index in [-0.39, 0.29) is 23.1 Å². The molecule has 136 valence electrons. The van der Waals surface area contributed by atoms with Gasteiger partial charge >= 0.3 is 0 Å². The summed E-state index contributed by atoms with van der Waals surface area (Å²) in [7, 11) is 0. The van der Waals surface area contributed by atoms with Crippen LogP contribution in [0.5, 0.6) is 0 Å². The summed E-state index contributed by atoms with van der Waals surface area (Å²) in [5.74, 6) is -0.356. The van der Waals surface area contributed by atoms with Crippen LogP contribution in [0.2, 0.25) is 0 Å². The number of aromatic amines is 1. The van der Waals surface area contributed by atoms with E-state index in [1.807, 2.05) is 19.1 Å². The summed E-state index contributed by atoms with van der Waals surface area (Å²) in [6, 6.07) is 5.53. The van der Waals surface area contributed by atoms with E-state index in [2.05, 4.69) is 20.6 Å². The predicted octanol–water partition coefficient (Wildman–Crippen LogP) is 1.33. The number of anilines is 3. The predicted molar refractivity (Wildman–Crippen MR) is 99.4 cm³/mol. The number of hydrogen-bond acceptors (Lipinski definition) is 6. The van der Waals surface area contributed by atoms with Crippen molar-refractivity contribution in [2.45, 2.75) is 31.6 Å². The lowest BCUT2D eigenvalue weighted by molar-refractivity contribution is -0.122. The number of nitrogen functional groups attached to an aromatic ring is 1. The Balaban J connectivity index is 1.97. The lowest BCUT2D eigenvalue weighted by atomic mass is 9.64. The number of H-pyrrole nitrogens is 1. The summed E-state index contributed by atoms with van der Waals surface area (Å²) < 4.78 is 0. The number of benzene rings is 1. The number of nitrogens with zero attached hydrogens (tertiary/aromatic N) is 1. The van der Waals surface area contributed by atoms with E-state index in [0.29, 0.717) is 41.8 Å². The Morgan fingerprint density at radius 3 is 2.78 bits per heavy atom. The second-order valence-corrected chi connectivity index (χ2v) is 7.18. The fourth-order valence-electron chi connectivity index (χ4n) is 4.51. The molecule has 0 bridgehead atoms. The molecule has 1 aliphatic carbocycles. The Morgan fingerprint density at radius 1 is 1.15 bits per heavy atom. The highest BCUT2D eigenvalue weighted by atomic mass is 16.2. The molecule has 1 aromatic carbocycles. The van der Waals surface area contributed by atoms with E-state index in [9.17, 15) is 14.4 Å². The molecule has 8 heteroatoms. The molecule has 0 fully saturated rings. The van der Waals surface area contributed by atoms with Gasteiger partial charge in [0.25, 0.3) is 5.56 Å². The van der Waals surface area contributed by atoms with Crippen LogP contribution in [0.3, 0.4) is 0 Å². The largest absolute Gasteiger partial charge is 0.369 e. The fraction of sp³-hybridized carbons (Fsp3) is 0.263. The Bertz CT molecular complexity index is 1150. The maximum Gasteiger partial charge on any atom is 0.259 e. The maximum atomic E-state index is 13.4. The van der Waals surface area contributed by atoms with Crippen LogP contribution in [0, 0.1) is 6.92 Å². The molecule has 3 heterocycles. The molecule has 27 heavy (non-hydrogen) atoms. The number of ketones is 1. The van der Waals surface area contributed by atoms with Gasteiger partial charge in [0.05, 0.1) is 5.56 Å². The van der Waals surface area contributed by atoms with Gasteiger partial charge in [-0.15, -0.1) is 0 Å². The molecule has 0 radical (unpaired) electrons. The third-order valence-corrected chi connectivity index (χ3v) is 5.54. The number of rotatable bonds is 0. The second kappa shape index (κ2) is 5.06. The van der Waals surface area contributed by atoms with E-state index in [1.54, 1.807) is 6.07 Å². The van der Waals surface area contributed by atoms with Gasteiger partial charge in [-0.25, -0.2) is 0 Å². The fourth-order valence-corrected chi connectivity index (χ4v) is 4.51. The summed E-state index contributed by atoms with van der Waals surface area (Å²) in [6.45, 7) is 1.90. The highest BCUT2D eigenvalue weighted by Crippen LogP contribution is 2.53. The molecular weight excluding hydrogens is 346 g/mol. The first-order chi connectivity index (χ1) is 12.9. The van der Waals surface area contributed by atoms with E-state index < -0.39 is 16.9 Å². The number of fused-ring (bicyclic) bond motifs is 5. The molecule has 8 nitrogen and oxygen atoms in total. The molecule has 0 saturated carbocycles. The van der Waals surface area contributed by atoms with Crippen LogP contribution in [-0.2, 0) is 15.0 Å². The summed E-state index contributed by atoms with van der Waals surface area (Å²) in [6.07, 6.45) is 1.62. The van der Waals surface area contributed by atoms with E-state index >= 15 is 0 Å². The monoisotopic (exact) mass is 363 g/mol. The van der Waals surface area contributed by atoms with Crippen LogP contribution in [-0.4, -0.2) is 21.7 Å². The third-order valence-electron chi connectivity index (χ3n) is 5.54.